The van der Waals surface area contributed by atoms with E-state index >= 15 is 0 Å². The van der Waals surface area contributed by atoms with Crippen molar-refractivity contribution < 1.29 is 9.59 Å². The quantitative estimate of drug-likeness (QED) is 0.766. The molecule has 0 bridgehead atoms. The van der Waals surface area contributed by atoms with Gasteiger partial charge in [-0.1, -0.05) is 18.2 Å². The normalized spacial score (nSPS) is 15.6. The molecule has 1 unspecified atom stereocenters. The van der Waals surface area contributed by atoms with Crippen LogP contribution in [0.2, 0.25) is 0 Å². The van der Waals surface area contributed by atoms with E-state index in [-0.39, 0.29) is 24.4 Å². The van der Waals surface area contributed by atoms with Crippen LogP contribution in [0.3, 0.4) is 0 Å². The van der Waals surface area contributed by atoms with Gasteiger partial charge in [-0.3, -0.25) is 14.5 Å². The topological polar surface area (TPSA) is 90.5 Å². The van der Waals surface area contributed by atoms with E-state index in [0.717, 1.165) is 43.0 Å². The molecule has 2 aromatic rings. The van der Waals surface area contributed by atoms with Crippen molar-refractivity contribution in [3.8, 4) is 0 Å². The number of hydrogen-bond donors (Lipinski definition) is 2. The van der Waals surface area contributed by atoms with Crippen LogP contribution in [0.25, 0.3) is 0 Å². The summed E-state index contributed by atoms with van der Waals surface area (Å²) in [4.78, 5) is 37.5. The van der Waals surface area contributed by atoms with Crippen molar-refractivity contribution in [2.45, 2.75) is 26.8 Å². The van der Waals surface area contributed by atoms with E-state index in [2.05, 4.69) is 30.4 Å². The van der Waals surface area contributed by atoms with Crippen molar-refractivity contribution in [2.24, 2.45) is 0 Å². The first-order valence-corrected chi connectivity index (χ1v) is 9.85. The zero-order chi connectivity index (χ0) is 20.8. The molecule has 0 spiro atoms. The predicted octanol–water partition coefficient (Wildman–Crippen LogP) is 1.36. The largest absolute Gasteiger partial charge is 0.346 e. The van der Waals surface area contributed by atoms with Crippen molar-refractivity contribution in [2.75, 3.05) is 42.9 Å². The number of carbonyl (C=O) groups is 2. The van der Waals surface area contributed by atoms with Gasteiger partial charge < -0.3 is 15.5 Å². The van der Waals surface area contributed by atoms with Crippen LogP contribution in [0.15, 0.2) is 36.7 Å². The maximum absolute atomic E-state index is 12.5. The smallest absolute Gasteiger partial charge is 0.243 e. The second-order valence-corrected chi connectivity index (χ2v) is 7.28. The molecule has 0 radical (unpaired) electrons. The number of rotatable bonds is 6. The molecule has 0 saturated carbocycles. The van der Waals surface area contributed by atoms with Crippen LogP contribution in [0, 0.1) is 13.8 Å². The average Bonchev–Trinajstić information content (AvgIpc) is 2.75. The van der Waals surface area contributed by atoms with Gasteiger partial charge in [-0.05, 0) is 38.0 Å². The van der Waals surface area contributed by atoms with Crippen LogP contribution in [0.1, 0.15) is 18.1 Å². The van der Waals surface area contributed by atoms with Gasteiger partial charge in [-0.2, -0.15) is 0 Å². The van der Waals surface area contributed by atoms with Crippen LogP contribution >= 0.6 is 0 Å². The lowest BCUT2D eigenvalue weighted by atomic mass is 10.1. The number of nitrogens with one attached hydrogen (secondary N) is 2. The molecule has 1 aliphatic heterocycles. The highest BCUT2D eigenvalue weighted by Gasteiger charge is 2.26. The molecule has 0 aliphatic carbocycles. The van der Waals surface area contributed by atoms with Gasteiger partial charge >= 0.3 is 0 Å². The molecular weight excluding hydrogens is 368 g/mol. The second-order valence-electron chi connectivity index (χ2n) is 7.28. The fourth-order valence-electron chi connectivity index (χ4n) is 3.44. The zero-order valence-electron chi connectivity index (χ0n) is 17.2. The van der Waals surface area contributed by atoms with Gasteiger partial charge in [-0.25, -0.2) is 9.97 Å². The lowest BCUT2D eigenvalue weighted by Crippen LogP contribution is -2.54. The number of benzene rings is 1. The van der Waals surface area contributed by atoms with Gasteiger partial charge in [0.1, 0.15) is 0 Å². The van der Waals surface area contributed by atoms with Gasteiger partial charge in [0.15, 0.2) is 0 Å². The maximum Gasteiger partial charge on any atom is 0.243 e. The Morgan fingerprint density at radius 2 is 1.66 bits per heavy atom. The summed E-state index contributed by atoms with van der Waals surface area (Å²) in [7, 11) is 0. The van der Waals surface area contributed by atoms with Gasteiger partial charge in [-0.15, -0.1) is 0 Å². The van der Waals surface area contributed by atoms with E-state index in [4.69, 9.17) is 0 Å². The molecule has 1 fully saturated rings. The minimum Gasteiger partial charge on any atom is -0.346 e. The average molecular weight is 396 g/mol. The van der Waals surface area contributed by atoms with Crippen LogP contribution < -0.4 is 15.5 Å². The van der Waals surface area contributed by atoms with Gasteiger partial charge in [0.2, 0.25) is 17.8 Å². The number of piperazine rings is 1. The molecule has 1 aromatic heterocycles. The second kappa shape index (κ2) is 9.47. The Morgan fingerprint density at radius 1 is 1.03 bits per heavy atom. The summed E-state index contributed by atoms with van der Waals surface area (Å²) in [6.45, 7) is 8.71. The first-order chi connectivity index (χ1) is 14.0. The minimum atomic E-state index is -0.304. The van der Waals surface area contributed by atoms with Crippen LogP contribution in [0.4, 0.5) is 11.6 Å². The third-order valence-corrected chi connectivity index (χ3v) is 5.25. The first kappa shape index (κ1) is 20.7. The van der Waals surface area contributed by atoms with Gasteiger partial charge in [0, 0.05) is 44.3 Å². The van der Waals surface area contributed by atoms with Gasteiger partial charge in [0.25, 0.3) is 0 Å². The Bertz CT molecular complexity index is 829. The monoisotopic (exact) mass is 396 g/mol. The molecule has 1 aliphatic rings. The summed E-state index contributed by atoms with van der Waals surface area (Å²) < 4.78 is 0. The highest BCUT2D eigenvalue weighted by Crippen LogP contribution is 2.19. The summed E-state index contributed by atoms with van der Waals surface area (Å²) in [5, 5.41) is 5.64. The molecule has 29 heavy (non-hydrogen) atoms. The van der Waals surface area contributed by atoms with E-state index in [9.17, 15) is 9.59 Å². The number of hydrogen-bond acceptors (Lipinski definition) is 6. The fraction of sp³-hybridized carbons (Fsp3) is 0.429. The number of carbonyl (C=O) groups excluding carboxylic acids is 2. The molecule has 2 heterocycles. The summed E-state index contributed by atoms with van der Waals surface area (Å²) in [6, 6.07) is 7.34. The zero-order valence-corrected chi connectivity index (χ0v) is 17.2. The summed E-state index contributed by atoms with van der Waals surface area (Å²) in [5.74, 6) is 0.340. The molecule has 8 heteroatoms. The van der Waals surface area contributed by atoms with Crippen molar-refractivity contribution in [3.63, 3.8) is 0 Å². The van der Waals surface area contributed by atoms with E-state index in [1.807, 2.05) is 39.0 Å². The van der Waals surface area contributed by atoms with E-state index in [1.54, 1.807) is 18.5 Å². The highest BCUT2D eigenvalue weighted by atomic mass is 16.2. The molecule has 1 saturated heterocycles. The van der Waals surface area contributed by atoms with Gasteiger partial charge in [0.05, 0.1) is 12.6 Å². The van der Waals surface area contributed by atoms with Crippen molar-refractivity contribution in [3.05, 3.63) is 47.8 Å². The Balaban J connectivity index is 1.45. The fourth-order valence-corrected chi connectivity index (χ4v) is 3.44. The summed E-state index contributed by atoms with van der Waals surface area (Å²) in [5.41, 5.74) is 2.80. The predicted molar refractivity (Wildman–Crippen MR) is 113 cm³/mol. The summed E-state index contributed by atoms with van der Waals surface area (Å²) in [6.07, 6.45) is 3.46. The maximum atomic E-state index is 12.5. The van der Waals surface area contributed by atoms with Crippen LogP contribution in [-0.4, -0.2) is 65.4 Å². The molecule has 8 nitrogen and oxygen atoms in total. The van der Waals surface area contributed by atoms with E-state index in [1.165, 1.54) is 0 Å². The van der Waals surface area contributed by atoms with Crippen molar-refractivity contribution >= 4 is 23.5 Å². The molecule has 1 atom stereocenters. The number of aryl methyl sites for hydroxylation is 2. The number of amides is 2. The number of aromatic nitrogens is 2. The first-order valence-electron chi connectivity index (χ1n) is 9.85. The summed E-state index contributed by atoms with van der Waals surface area (Å²) >= 11 is 0. The van der Waals surface area contributed by atoms with Crippen molar-refractivity contribution in [1.29, 1.82) is 0 Å². The number of anilines is 2. The Hall–Kier alpha value is -3.00. The number of para-hydroxylation sites is 1. The van der Waals surface area contributed by atoms with E-state index in [0.29, 0.717) is 5.95 Å². The molecule has 154 valence electrons. The Kier molecular flexibility index (Phi) is 6.77. The highest BCUT2D eigenvalue weighted by molar-refractivity contribution is 5.96. The third kappa shape index (κ3) is 5.29. The van der Waals surface area contributed by atoms with Crippen LogP contribution in [-0.2, 0) is 9.59 Å². The molecule has 2 amide bonds. The number of nitrogens with zero attached hydrogens (tertiary/aromatic N) is 4. The Labute approximate surface area is 171 Å². The molecule has 2 N–H and O–H groups in total. The standard InChI is InChI=1S/C21H28N6O2/c1-15-6-4-7-16(2)19(15)25-18(28)14-24-20(29)17(3)26-10-12-27(13-11-26)21-22-8-5-9-23-21/h4-9,17H,10-14H2,1-3H3,(H,24,29)(H,25,28). The lowest BCUT2D eigenvalue weighted by Gasteiger charge is -2.37. The van der Waals surface area contributed by atoms with Crippen LogP contribution in [0.5, 0.6) is 0 Å². The molecular formula is C21H28N6O2. The van der Waals surface area contributed by atoms with Crippen molar-refractivity contribution in [1.82, 2.24) is 20.2 Å². The third-order valence-electron chi connectivity index (χ3n) is 5.25. The lowest BCUT2D eigenvalue weighted by molar-refractivity contribution is -0.128. The minimum absolute atomic E-state index is 0.0469. The van der Waals surface area contributed by atoms with E-state index < -0.39 is 0 Å². The molecule has 3 rings (SSSR count). The molecule has 1 aromatic carbocycles. The Morgan fingerprint density at radius 3 is 2.28 bits per heavy atom. The SMILES string of the molecule is Cc1cccc(C)c1NC(=O)CNC(=O)C(C)N1CCN(c2ncccn2)CC1.